The summed E-state index contributed by atoms with van der Waals surface area (Å²) in [6, 6.07) is 4.92. The van der Waals surface area contributed by atoms with E-state index in [9.17, 15) is 18.8 Å². The van der Waals surface area contributed by atoms with E-state index in [4.69, 9.17) is 4.74 Å². The van der Waals surface area contributed by atoms with Crippen molar-refractivity contribution in [1.29, 1.82) is 0 Å². The number of carbonyl (C=O) groups is 3. The van der Waals surface area contributed by atoms with Crippen molar-refractivity contribution in [3.05, 3.63) is 30.1 Å². The number of benzene rings is 1. The second-order valence-electron chi connectivity index (χ2n) is 6.49. The molecule has 1 atom stereocenters. The number of piperidine rings is 1. The molecular weight excluding hydrogens is 327 g/mol. The summed E-state index contributed by atoms with van der Waals surface area (Å²) in [6.45, 7) is 3.47. The van der Waals surface area contributed by atoms with E-state index < -0.39 is 11.9 Å². The molecule has 0 unspecified atom stereocenters. The Morgan fingerprint density at radius 1 is 1.24 bits per heavy atom. The number of likely N-dealkylation sites (tertiary alicyclic amines) is 1. The number of quaternary nitrogens is 1. The number of nitrogens with one attached hydrogen (secondary N) is 1. The molecule has 0 spiro atoms. The molecule has 134 valence electrons. The summed E-state index contributed by atoms with van der Waals surface area (Å²) in [4.78, 5) is 39.0. The highest BCUT2D eigenvalue weighted by Gasteiger charge is 2.47. The van der Waals surface area contributed by atoms with Gasteiger partial charge >= 0.3 is 5.97 Å². The van der Waals surface area contributed by atoms with Crippen molar-refractivity contribution in [3.8, 4) is 0 Å². The van der Waals surface area contributed by atoms with Crippen molar-refractivity contribution in [1.82, 2.24) is 0 Å². The lowest BCUT2D eigenvalue weighted by Crippen LogP contribution is -3.17. The molecule has 2 amide bonds. The molecule has 7 heteroatoms. The third-order valence-corrected chi connectivity index (χ3v) is 4.97. The fraction of sp³-hybridized carbons (Fsp3) is 0.500. The van der Waals surface area contributed by atoms with Crippen LogP contribution in [0.1, 0.15) is 26.2 Å². The van der Waals surface area contributed by atoms with Crippen LogP contribution in [-0.4, -0.2) is 43.5 Å². The van der Waals surface area contributed by atoms with E-state index in [1.165, 1.54) is 24.3 Å². The van der Waals surface area contributed by atoms with Gasteiger partial charge in [0.1, 0.15) is 5.82 Å². The first-order valence-corrected chi connectivity index (χ1v) is 8.64. The first kappa shape index (κ1) is 17.5. The number of hydrogen-bond acceptors (Lipinski definition) is 4. The van der Waals surface area contributed by atoms with Crippen LogP contribution in [0.5, 0.6) is 0 Å². The van der Waals surface area contributed by atoms with Gasteiger partial charge in [-0.2, -0.15) is 0 Å². The topological polar surface area (TPSA) is 68.1 Å². The Hall–Kier alpha value is -2.28. The van der Waals surface area contributed by atoms with Crippen molar-refractivity contribution in [2.75, 3.05) is 24.6 Å². The number of ether oxygens (including phenoxy) is 1. The van der Waals surface area contributed by atoms with Gasteiger partial charge in [0, 0.05) is 12.8 Å². The van der Waals surface area contributed by atoms with Crippen LogP contribution in [0.4, 0.5) is 10.1 Å². The fourth-order valence-electron chi connectivity index (χ4n) is 3.65. The first-order valence-electron chi connectivity index (χ1n) is 8.64. The smallest absolute Gasteiger partial charge is 0.309 e. The number of anilines is 1. The van der Waals surface area contributed by atoms with Gasteiger partial charge in [-0.1, -0.05) is 0 Å². The van der Waals surface area contributed by atoms with E-state index in [-0.39, 0.29) is 30.1 Å². The number of rotatable bonds is 4. The molecule has 0 aliphatic carbocycles. The zero-order valence-corrected chi connectivity index (χ0v) is 14.2. The van der Waals surface area contributed by atoms with Crippen LogP contribution in [-0.2, 0) is 19.1 Å². The summed E-state index contributed by atoms with van der Waals surface area (Å²) in [5.41, 5.74) is 0.403. The van der Waals surface area contributed by atoms with Crippen LogP contribution in [0.2, 0.25) is 0 Å². The highest BCUT2D eigenvalue weighted by atomic mass is 19.1. The lowest BCUT2D eigenvalue weighted by atomic mass is 9.95. The van der Waals surface area contributed by atoms with Gasteiger partial charge in [0.25, 0.3) is 5.91 Å². The zero-order valence-electron chi connectivity index (χ0n) is 14.2. The third-order valence-electron chi connectivity index (χ3n) is 4.97. The Kier molecular flexibility index (Phi) is 5.13. The molecule has 6 nitrogen and oxygen atoms in total. The van der Waals surface area contributed by atoms with Crippen LogP contribution < -0.4 is 9.80 Å². The molecule has 2 aliphatic heterocycles. The predicted molar refractivity (Wildman–Crippen MR) is 87.4 cm³/mol. The molecule has 2 heterocycles. The summed E-state index contributed by atoms with van der Waals surface area (Å²) in [6.07, 6.45) is 1.46. The molecule has 2 aliphatic rings. The highest BCUT2D eigenvalue weighted by Crippen LogP contribution is 2.23. The van der Waals surface area contributed by atoms with E-state index in [1.807, 2.05) is 0 Å². The molecule has 1 aromatic rings. The molecule has 0 saturated carbocycles. The van der Waals surface area contributed by atoms with Gasteiger partial charge in [-0.3, -0.25) is 14.4 Å². The Morgan fingerprint density at radius 2 is 1.88 bits per heavy atom. The molecule has 1 aromatic carbocycles. The SMILES string of the molecule is CCOC(=O)C1CC[NH+]([C@@H]2CC(=O)N(c3ccc(F)cc3)C2=O)CC1. The quantitative estimate of drug-likeness (QED) is 0.628. The molecule has 0 bridgehead atoms. The van der Waals surface area contributed by atoms with Gasteiger partial charge in [0.2, 0.25) is 5.91 Å². The van der Waals surface area contributed by atoms with Gasteiger partial charge in [-0.25, -0.2) is 9.29 Å². The van der Waals surface area contributed by atoms with Crippen LogP contribution in [0.25, 0.3) is 0 Å². The minimum Gasteiger partial charge on any atom is -0.466 e. The summed E-state index contributed by atoms with van der Waals surface area (Å²) < 4.78 is 18.1. The summed E-state index contributed by atoms with van der Waals surface area (Å²) in [7, 11) is 0. The van der Waals surface area contributed by atoms with Crippen LogP contribution in [0, 0.1) is 11.7 Å². The zero-order chi connectivity index (χ0) is 18.0. The first-order chi connectivity index (χ1) is 12.0. The average molecular weight is 349 g/mol. The maximum Gasteiger partial charge on any atom is 0.309 e. The van der Waals surface area contributed by atoms with Gasteiger partial charge < -0.3 is 9.64 Å². The molecule has 3 rings (SSSR count). The number of imide groups is 1. The number of nitrogens with zero attached hydrogens (tertiary/aromatic N) is 1. The summed E-state index contributed by atoms with van der Waals surface area (Å²) in [5.74, 6) is -1.22. The van der Waals surface area contributed by atoms with Gasteiger partial charge in [-0.05, 0) is 31.2 Å². The van der Waals surface area contributed by atoms with E-state index in [0.29, 0.717) is 38.2 Å². The number of hydrogen-bond donors (Lipinski definition) is 1. The molecule has 2 fully saturated rings. The Labute approximate surface area is 145 Å². The van der Waals surface area contributed by atoms with Crippen molar-refractivity contribution < 1.29 is 28.4 Å². The van der Waals surface area contributed by atoms with E-state index in [2.05, 4.69) is 0 Å². The van der Waals surface area contributed by atoms with Gasteiger partial charge in [0.05, 0.1) is 37.7 Å². The largest absolute Gasteiger partial charge is 0.466 e. The lowest BCUT2D eigenvalue weighted by Gasteiger charge is -2.31. The molecular formula is C18H22FN2O4+. The summed E-state index contributed by atoms with van der Waals surface area (Å²) >= 11 is 0. The summed E-state index contributed by atoms with van der Waals surface area (Å²) in [5, 5.41) is 0. The monoisotopic (exact) mass is 349 g/mol. The van der Waals surface area contributed by atoms with Gasteiger partial charge in [-0.15, -0.1) is 0 Å². The average Bonchev–Trinajstić information content (AvgIpc) is 2.91. The minimum absolute atomic E-state index is 0.121. The van der Waals surface area contributed by atoms with Crippen molar-refractivity contribution in [3.63, 3.8) is 0 Å². The van der Waals surface area contributed by atoms with Crippen LogP contribution in [0.3, 0.4) is 0 Å². The number of amides is 2. The van der Waals surface area contributed by atoms with Crippen LogP contribution in [0.15, 0.2) is 24.3 Å². The van der Waals surface area contributed by atoms with Gasteiger partial charge in [0.15, 0.2) is 6.04 Å². The Morgan fingerprint density at radius 3 is 2.48 bits per heavy atom. The second kappa shape index (κ2) is 7.31. The number of carbonyl (C=O) groups excluding carboxylic acids is 3. The van der Waals surface area contributed by atoms with Crippen LogP contribution >= 0.6 is 0 Å². The maximum absolute atomic E-state index is 13.1. The Balaban J connectivity index is 1.65. The predicted octanol–water partition coefficient (Wildman–Crippen LogP) is 0.316. The Bertz CT molecular complexity index is 668. The number of esters is 1. The van der Waals surface area contributed by atoms with E-state index >= 15 is 0 Å². The second-order valence-corrected chi connectivity index (χ2v) is 6.49. The van der Waals surface area contributed by atoms with E-state index in [0.717, 1.165) is 9.80 Å². The minimum atomic E-state index is -0.430. The lowest BCUT2D eigenvalue weighted by molar-refractivity contribution is -0.920. The van der Waals surface area contributed by atoms with Crippen molar-refractivity contribution >= 4 is 23.5 Å². The molecule has 0 radical (unpaired) electrons. The standard InChI is InChI=1S/C18H21FN2O4/c1-2-25-18(24)12-7-9-20(10-8-12)15-11-16(22)21(17(15)23)14-5-3-13(19)4-6-14/h3-6,12,15H,2,7-11H2,1H3/p+1/t15-/m1/s1. The van der Waals surface area contributed by atoms with Crippen molar-refractivity contribution in [2.45, 2.75) is 32.2 Å². The third kappa shape index (κ3) is 3.56. The molecule has 2 saturated heterocycles. The highest BCUT2D eigenvalue weighted by molar-refractivity contribution is 6.21. The molecule has 25 heavy (non-hydrogen) atoms. The fourth-order valence-corrected chi connectivity index (χ4v) is 3.65. The number of halogens is 1. The normalized spacial score (nSPS) is 26.8. The molecule has 0 aromatic heterocycles. The van der Waals surface area contributed by atoms with Crippen molar-refractivity contribution in [2.24, 2.45) is 5.92 Å². The maximum atomic E-state index is 13.1. The molecule has 1 N–H and O–H groups in total. The van der Waals surface area contributed by atoms with E-state index in [1.54, 1.807) is 6.92 Å².